The predicted molar refractivity (Wildman–Crippen MR) is 35.0 cm³/mol. The third kappa shape index (κ3) is 1.10. The smallest absolute Gasteiger partial charge is 0.194 e. The molecule has 0 fully saturated rings. The zero-order chi connectivity index (χ0) is 5.28. The molecule has 0 bridgehead atoms. The van der Waals surface area contributed by atoms with Gasteiger partial charge in [-0.1, -0.05) is 0 Å². The Morgan fingerprint density at radius 3 is 2.00 bits per heavy atom. The number of amidine groups is 2. The summed E-state index contributed by atoms with van der Waals surface area (Å²) in [4.78, 5) is 3.62. The topological polar surface area (TPSA) is 38.8 Å². The van der Waals surface area contributed by atoms with Crippen molar-refractivity contribution in [1.29, 1.82) is 0 Å². The fourth-order valence-corrected chi connectivity index (χ4v) is 0.581. The van der Waals surface area contributed by atoms with Crippen LogP contribution in [0, 0.1) is 0 Å². The number of aliphatic imine (C=N–C) groups is 1. The molecule has 1 aliphatic heterocycles. The first-order chi connectivity index (χ1) is 3.29. The lowest BCUT2D eigenvalue weighted by Crippen LogP contribution is -1.93. The summed E-state index contributed by atoms with van der Waals surface area (Å²) in [5.74, 6) is 0. The first-order valence-electron chi connectivity index (χ1n) is 1.54. The van der Waals surface area contributed by atoms with Crippen molar-refractivity contribution in [2.75, 3.05) is 0 Å². The van der Waals surface area contributed by atoms with E-state index in [1.54, 1.807) is 0 Å². The highest BCUT2D eigenvalue weighted by atomic mass is 32.1. The van der Waals surface area contributed by atoms with Crippen LogP contribution in [0.15, 0.2) is 10.1 Å². The van der Waals surface area contributed by atoms with Crippen LogP contribution in [-0.2, 0) is 0 Å². The largest absolute Gasteiger partial charge is 0.208 e. The number of hydrogen-bond acceptors (Lipinski definition) is 2. The summed E-state index contributed by atoms with van der Waals surface area (Å²) < 4.78 is 0. The van der Waals surface area contributed by atoms with Gasteiger partial charge in [0.05, 0.1) is 0 Å². The molecule has 0 spiro atoms. The molecule has 0 unspecified atom stereocenters. The van der Waals surface area contributed by atoms with E-state index >= 15 is 0 Å². The van der Waals surface area contributed by atoms with Crippen molar-refractivity contribution in [1.82, 2.24) is 5.43 Å². The number of rotatable bonds is 0. The standard InChI is InChI=1S/C2H2N3S2/c6-1-3-2(7)5-4-1/h(H2,3,4,6,7). The lowest BCUT2D eigenvalue weighted by atomic mass is 11.2. The Bertz CT molecular complexity index is 138. The van der Waals surface area contributed by atoms with E-state index in [0.29, 0.717) is 10.3 Å². The summed E-state index contributed by atoms with van der Waals surface area (Å²) in [7, 11) is 0. The van der Waals surface area contributed by atoms with E-state index in [4.69, 9.17) is 0 Å². The zero-order valence-corrected chi connectivity index (χ0v) is 5.02. The lowest BCUT2D eigenvalue weighted by Gasteiger charge is -1.73. The van der Waals surface area contributed by atoms with Gasteiger partial charge in [0, 0.05) is 0 Å². The maximum absolute atomic E-state index is 3.77. The van der Waals surface area contributed by atoms with Crippen LogP contribution < -0.4 is 5.43 Å². The average molecular weight is 132 g/mol. The van der Waals surface area contributed by atoms with Gasteiger partial charge in [-0.25, -0.2) is 0 Å². The van der Waals surface area contributed by atoms with Crippen LogP contribution in [0.1, 0.15) is 0 Å². The van der Waals surface area contributed by atoms with E-state index in [9.17, 15) is 0 Å². The van der Waals surface area contributed by atoms with E-state index < -0.39 is 0 Å². The molecule has 0 aromatic carbocycles. The molecule has 0 saturated heterocycles. The predicted octanol–water partition coefficient (Wildman–Crippen LogP) is 0.0910. The van der Waals surface area contributed by atoms with E-state index in [-0.39, 0.29) is 0 Å². The molecule has 7 heavy (non-hydrogen) atoms. The van der Waals surface area contributed by atoms with E-state index in [0.717, 1.165) is 0 Å². The Morgan fingerprint density at radius 2 is 1.86 bits per heavy atom. The Kier molecular flexibility index (Phi) is 1.25. The summed E-state index contributed by atoms with van der Waals surface area (Å²) in [6.07, 6.45) is 0. The first kappa shape index (κ1) is 4.99. The fourth-order valence-electron chi connectivity index (χ4n) is 0.224. The van der Waals surface area contributed by atoms with Crippen molar-refractivity contribution in [3.8, 4) is 0 Å². The van der Waals surface area contributed by atoms with Crippen molar-refractivity contribution in [3.63, 3.8) is 0 Å². The van der Waals surface area contributed by atoms with Crippen LogP contribution >= 0.6 is 25.3 Å². The van der Waals surface area contributed by atoms with Gasteiger partial charge in [-0.15, -0.1) is 35.8 Å². The molecule has 0 amide bonds. The van der Waals surface area contributed by atoms with Gasteiger partial charge in [-0.05, 0) is 0 Å². The van der Waals surface area contributed by atoms with Crippen LogP contribution in [0.3, 0.4) is 0 Å². The molecule has 0 aromatic rings. The molecule has 0 saturated carbocycles. The van der Waals surface area contributed by atoms with E-state index in [1.165, 1.54) is 0 Å². The molecule has 1 aliphatic rings. The third-order valence-electron chi connectivity index (χ3n) is 0.429. The maximum atomic E-state index is 3.77. The van der Waals surface area contributed by atoms with Crippen LogP contribution in [0.5, 0.6) is 0 Å². The highest BCUT2D eigenvalue weighted by Crippen LogP contribution is 1.97. The second kappa shape index (κ2) is 1.75. The molecule has 0 aromatic heterocycles. The number of nitrogens with zero attached hydrogens (tertiary/aromatic N) is 3. The molecule has 0 aliphatic carbocycles. The van der Waals surface area contributed by atoms with E-state index in [2.05, 4.69) is 40.8 Å². The van der Waals surface area contributed by atoms with Crippen molar-refractivity contribution < 1.29 is 0 Å². The summed E-state index contributed by atoms with van der Waals surface area (Å²) in [5.41, 5.74) is 3.44. The van der Waals surface area contributed by atoms with Gasteiger partial charge in [0.2, 0.25) is 10.3 Å². The molecule has 5 heteroatoms. The van der Waals surface area contributed by atoms with Gasteiger partial charge in [-0.2, -0.15) is 4.99 Å². The SMILES string of the molecule is SC1=NC(S)=N[N]1. The van der Waals surface area contributed by atoms with Gasteiger partial charge < -0.3 is 0 Å². The molecule has 3 nitrogen and oxygen atoms in total. The van der Waals surface area contributed by atoms with Gasteiger partial charge in [0.25, 0.3) is 0 Å². The van der Waals surface area contributed by atoms with Gasteiger partial charge >= 0.3 is 0 Å². The average Bonchev–Trinajstić information content (AvgIpc) is 1.87. The minimum atomic E-state index is 0.366. The number of thiol groups is 2. The van der Waals surface area contributed by atoms with Crippen molar-refractivity contribution >= 4 is 35.6 Å². The monoisotopic (exact) mass is 132 g/mol. The molecule has 1 heterocycles. The Morgan fingerprint density at radius 1 is 1.14 bits per heavy atom. The molecule has 0 N–H and O–H groups in total. The summed E-state index contributed by atoms with van der Waals surface area (Å²) in [5, 5.41) is 4.17. The van der Waals surface area contributed by atoms with E-state index in [1.807, 2.05) is 0 Å². The quantitative estimate of drug-likeness (QED) is 0.438. The van der Waals surface area contributed by atoms with Crippen LogP contribution in [0.4, 0.5) is 0 Å². The highest BCUT2D eigenvalue weighted by molar-refractivity contribution is 7.98. The lowest BCUT2D eigenvalue weighted by molar-refractivity contribution is 1.06. The second-order valence-corrected chi connectivity index (χ2v) is 1.71. The normalized spacial score (nSPS) is 18.0. The summed E-state index contributed by atoms with van der Waals surface area (Å²) in [6, 6.07) is 0. The Labute approximate surface area is 51.7 Å². The second-order valence-electron chi connectivity index (χ2n) is 0.912. The molecule has 0 atom stereocenters. The Hall–Kier alpha value is -0.160. The Balaban J connectivity index is 2.69. The molecular weight excluding hydrogens is 130 g/mol. The highest BCUT2D eigenvalue weighted by Gasteiger charge is 2.01. The number of hydrogen-bond donors (Lipinski definition) is 2. The summed E-state index contributed by atoms with van der Waals surface area (Å²) in [6.45, 7) is 0. The van der Waals surface area contributed by atoms with Crippen molar-refractivity contribution in [3.05, 3.63) is 0 Å². The molecule has 1 radical (unpaired) electrons. The minimum Gasteiger partial charge on any atom is -0.194 e. The molecule has 1 rings (SSSR count). The van der Waals surface area contributed by atoms with Crippen LogP contribution in [0.2, 0.25) is 0 Å². The van der Waals surface area contributed by atoms with Gasteiger partial charge in [0.1, 0.15) is 0 Å². The molecule has 37 valence electrons. The zero-order valence-electron chi connectivity index (χ0n) is 3.24. The molecular formula is C2H2N3S2. The maximum Gasteiger partial charge on any atom is 0.208 e. The third-order valence-corrected chi connectivity index (χ3v) is 0.808. The van der Waals surface area contributed by atoms with Crippen molar-refractivity contribution in [2.45, 2.75) is 0 Å². The van der Waals surface area contributed by atoms with Crippen LogP contribution in [-0.4, -0.2) is 10.3 Å². The van der Waals surface area contributed by atoms with Crippen molar-refractivity contribution in [2.24, 2.45) is 10.1 Å². The first-order valence-corrected chi connectivity index (χ1v) is 2.44. The van der Waals surface area contributed by atoms with Gasteiger partial charge in [-0.3, -0.25) is 0 Å². The fraction of sp³-hybridized carbons (Fsp3) is 0. The minimum absolute atomic E-state index is 0.366. The summed E-state index contributed by atoms with van der Waals surface area (Å²) >= 11 is 7.54. The van der Waals surface area contributed by atoms with Crippen LogP contribution in [0.25, 0.3) is 0 Å². The van der Waals surface area contributed by atoms with Gasteiger partial charge in [0.15, 0.2) is 0 Å².